The SMILES string of the molecule is Cn1c(CCNC(=O)C2CCCO2)nnc1SCc1cccnc1. The zero-order chi connectivity index (χ0) is 16.8. The third kappa shape index (κ3) is 4.33. The number of ether oxygens (including phenoxy) is 1. The minimum atomic E-state index is -0.282. The summed E-state index contributed by atoms with van der Waals surface area (Å²) >= 11 is 1.62. The first kappa shape index (κ1) is 16.9. The van der Waals surface area contributed by atoms with Gasteiger partial charge in [-0.1, -0.05) is 17.8 Å². The molecular formula is C16H21N5O2S. The number of nitrogens with zero attached hydrogens (tertiary/aromatic N) is 4. The van der Waals surface area contributed by atoms with Crippen LogP contribution in [0.25, 0.3) is 0 Å². The largest absolute Gasteiger partial charge is 0.368 e. The highest BCUT2D eigenvalue weighted by Crippen LogP contribution is 2.20. The molecular weight excluding hydrogens is 326 g/mol. The summed E-state index contributed by atoms with van der Waals surface area (Å²) in [5.74, 6) is 1.63. The number of carbonyl (C=O) groups excluding carboxylic acids is 1. The van der Waals surface area contributed by atoms with Gasteiger partial charge < -0.3 is 14.6 Å². The van der Waals surface area contributed by atoms with Crippen LogP contribution in [0.15, 0.2) is 29.7 Å². The highest BCUT2D eigenvalue weighted by atomic mass is 32.2. The van der Waals surface area contributed by atoms with Crippen molar-refractivity contribution in [1.29, 1.82) is 0 Å². The molecule has 7 nitrogen and oxygen atoms in total. The molecule has 0 bridgehead atoms. The summed E-state index contributed by atoms with van der Waals surface area (Å²) in [7, 11) is 1.95. The van der Waals surface area contributed by atoms with E-state index in [-0.39, 0.29) is 12.0 Å². The summed E-state index contributed by atoms with van der Waals surface area (Å²) in [5, 5.41) is 12.2. The van der Waals surface area contributed by atoms with Gasteiger partial charge in [0.1, 0.15) is 11.9 Å². The Morgan fingerprint density at radius 3 is 3.17 bits per heavy atom. The highest BCUT2D eigenvalue weighted by molar-refractivity contribution is 7.98. The van der Waals surface area contributed by atoms with Crippen LogP contribution in [0.1, 0.15) is 24.2 Å². The summed E-state index contributed by atoms with van der Waals surface area (Å²) in [4.78, 5) is 16.0. The molecule has 1 unspecified atom stereocenters. The molecule has 2 aromatic heterocycles. The van der Waals surface area contributed by atoms with Crippen molar-refractivity contribution in [3.05, 3.63) is 35.9 Å². The van der Waals surface area contributed by atoms with Crippen LogP contribution in [0, 0.1) is 0 Å². The van der Waals surface area contributed by atoms with Crippen molar-refractivity contribution in [3.8, 4) is 0 Å². The van der Waals surface area contributed by atoms with Crippen molar-refractivity contribution in [3.63, 3.8) is 0 Å². The predicted molar refractivity (Wildman–Crippen MR) is 90.5 cm³/mol. The Bertz CT molecular complexity index is 670. The molecule has 1 aliphatic heterocycles. The van der Waals surface area contributed by atoms with Gasteiger partial charge in [0, 0.05) is 44.8 Å². The number of aromatic nitrogens is 4. The van der Waals surface area contributed by atoms with Crippen LogP contribution in [0.5, 0.6) is 0 Å². The normalized spacial score (nSPS) is 17.1. The maximum absolute atomic E-state index is 11.9. The van der Waals surface area contributed by atoms with E-state index in [0.29, 0.717) is 19.6 Å². The molecule has 1 atom stereocenters. The van der Waals surface area contributed by atoms with Gasteiger partial charge in [-0.2, -0.15) is 0 Å². The van der Waals surface area contributed by atoms with Gasteiger partial charge in [0.25, 0.3) is 0 Å². The van der Waals surface area contributed by atoms with E-state index in [0.717, 1.165) is 35.1 Å². The van der Waals surface area contributed by atoms with Crippen molar-refractivity contribution in [2.45, 2.75) is 36.3 Å². The third-order valence-electron chi connectivity index (χ3n) is 3.89. The van der Waals surface area contributed by atoms with Gasteiger partial charge in [-0.25, -0.2) is 0 Å². The Morgan fingerprint density at radius 1 is 1.50 bits per heavy atom. The smallest absolute Gasteiger partial charge is 0.249 e. The molecule has 1 saturated heterocycles. The van der Waals surface area contributed by atoms with Gasteiger partial charge in [-0.3, -0.25) is 9.78 Å². The van der Waals surface area contributed by atoms with Crippen LogP contribution < -0.4 is 5.32 Å². The van der Waals surface area contributed by atoms with E-state index in [1.807, 2.05) is 29.9 Å². The predicted octanol–water partition coefficient (Wildman–Crippen LogP) is 1.34. The van der Waals surface area contributed by atoms with Crippen molar-refractivity contribution in [2.24, 2.45) is 7.05 Å². The van der Waals surface area contributed by atoms with Crippen LogP contribution in [0.4, 0.5) is 0 Å². The molecule has 1 fully saturated rings. The fraction of sp³-hybridized carbons (Fsp3) is 0.500. The number of thioether (sulfide) groups is 1. The molecule has 8 heteroatoms. The molecule has 3 heterocycles. The summed E-state index contributed by atoms with van der Waals surface area (Å²) in [6, 6.07) is 3.96. The molecule has 24 heavy (non-hydrogen) atoms. The highest BCUT2D eigenvalue weighted by Gasteiger charge is 2.23. The maximum Gasteiger partial charge on any atom is 0.249 e. The van der Waals surface area contributed by atoms with E-state index in [9.17, 15) is 4.79 Å². The molecule has 0 aliphatic carbocycles. The molecule has 0 spiro atoms. The fourth-order valence-corrected chi connectivity index (χ4v) is 3.38. The molecule has 0 aromatic carbocycles. The lowest BCUT2D eigenvalue weighted by molar-refractivity contribution is -0.130. The first-order chi connectivity index (χ1) is 11.7. The van der Waals surface area contributed by atoms with Crippen molar-refractivity contribution < 1.29 is 9.53 Å². The van der Waals surface area contributed by atoms with E-state index in [1.165, 1.54) is 0 Å². The van der Waals surface area contributed by atoms with Gasteiger partial charge in [0.05, 0.1) is 0 Å². The van der Waals surface area contributed by atoms with Crippen LogP contribution in [0.3, 0.4) is 0 Å². The van der Waals surface area contributed by atoms with E-state index in [1.54, 1.807) is 18.0 Å². The zero-order valence-electron chi connectivity index (χ0n) is 13.6. The average molecular weight is 347 g/mol. The van der Waals surface area contributed by atoms with Crippen molar-refractivity contribution >= 4 is 17.7 Å². The second kappa shape index (κ2) is 8.25. The summed E-state index contributed by atoms with van der Waals surface area (Å²) < 4.78 is 7.34. The van der Waals surface area contributed by atoms with Gasteiger partial charge in [0.2, 0.25) is 5.91 Å². The minimum Gasteiger partial charge on any atom is -0.368 e. The Kier molecular flexibility index (Phi) is 5.81. The maximum atomic E-state index is 11.9. The van der Waals surface area contributed by atoms with Gasteiger partial charge in [-0.15, -0.1) is 10.2 Å². The third-order valence-corrected chi connectivity index (χ3v) is 4.98. The van der Waals surface area contributed by atoms with Crippen LogP contribution >= 0.6 is 11.8 Å². The van der Waals surface area contributed by atoms with Gasteiger partial charge in [-0.05, 0) is 24.5 Å². The second-order valence-corrected chi connectivity index (χ2v) is 6.59. The standard InChI is InChI=1S/C16H21N5O2S/c1-21-14(6-8-18-15(22)13-5-3-9-23-13)19-20-16(21)24-11-12-4-2-7-17-10-12/h2,4,7,10,13H,3,5-6,8-9,11H2,1H3,(H,18,22). The summed E-state index contributed by atoms with van der Waals surface area (Å²) in [6.07, 6.45) is 5.75. The Hall–Kier alpha value is -1.93. The molecule has 128 valence electrons. The van der Waals surface area contributed by atoms with Crippen molar-refractivity contribution in [2.75, 3.05) is 13.2 Å². The Balaban J connectivity index is 1.46. The van der Waals surface area contributed by atoms with Crippen LogP contribution in [0.2, 0.25) is 0 Å². The molecule has 0 radical (unpaired) electrons. The van der Waals surface area contributed by atoms with Crippen molar-refractivity contribution in [1.82, 2.24) is 25.1 Å². The zero-order valence-corrected chi connectivity index (χ0v) is 14.5. The second-order valence-electron chi connectivity index (χ2n) is 5.65. The van der Waals surface area contributed by atoms with Crippen LogP contribution in [-0.2, 0) is 28.8 Å². The first-order valence-corrected chi connectivity index (χ1v) is 9.02. The number of nitrogens with one attached hydrogen (secondary N) is 1. The van der Waals surface area contributed by atoms with E-state index < -0.39 is 0 Å². The lowest BCUT2D eigenvalue weighted by Gasteiger charge is -2.10. The number of pyridine rings is 1. The Morgan fingerprint density at radius 2 is 2.42 bits per heavy atom. The number of amides is 1. The molecule has 1 amide bonds. The lowest BCUT2D eigenvalue weighted by atomic mass is 10.2. The number of carbonyl (C=O) groups is 1. The molecule has 1 aliphatic rings. The van der Waals surface area contributed by atoms with E-state index >= 15 is 0 Å². The minimum absolute atomic E-state index is 0.0270. The number of hydrogen-bond acceptors (Lipinski definition) is 6. The average Bonchev–Trinajstić information content (AvgIpc) is 3.25. The van der Waals surface area contributed by atoms with E-state index in [4.69, 9.17) is 4.74 Å². The number of rotatable bonds is 7. The number of hydrogen-bond donors (Lipinski definition) is 1. The van der Waals surface area contributed by atoms with Gasteiger partial charge in [0.15, 0.2) is 5.16 Å². The first-order valence-electron chi connectivity index (χ1n) is 8.03. The molecule has 3 rings (SSSR count). The van der Waals surface area contributed by atoms with Gasteiger partial charge >= 0.3 is 0 Å². The fourth-order valence-electron chi connectivity index (χ4n) is 2.52. The summed E-state index contributed by atoms with van der Waals surface area (Å²) in [6.45, 7) is 1.22. The monoisotopic (exact) mass is 347 g/mol. The van der Waals surface area contributed by atoms with Crippen LogP contribution in [-0.4, -0.2) is 44.9 Å². The molecule has 1 N–H and O–H groups in total. The Labute approximate surface area is 145 Å². The lowest BCUT2D eigenvalue weighted by Crippen LogP contribution is -2.35. The van der Waals surface area contributed by atoms with E-state index in [2.05, 4.69) is 20.5 Å². The topological polar surface area (TPSA) is 81.9 Å². The molecule has 0 saturated carbocycles. The summed E-state index contributed by atoms with van der Waals surface area (Å²) in [5.41, 5.74) is 1.15. The molecule has 2 aromatic rings. The quantitative estimate of drug-likeness (QED) is 0.761.